The van der Waals surface area contributed by atoms with Crippen LogP contribution in [0.1, 0.15) is 22.0 Å². The lowest BCUT2D eigenvalue weighted by Crippen LogP contribution is -2.11. The Morgan fingerprint density at radius 1 is 1.50 bits per heavy atom. The second-order valence-corrected chi connectivity index (χ2v) is 2.90. The number of ether oxygens (including phenoxy) is 1. The van der Waals surface area contributed by atoms with Gasteiger partial charge in [0.25, 0.3) is 0 Å². The highest BCUT2D eigenvalue weighted by molar-refractivity contribution is 8.93. The number of phenolic OH excluding ortho intramolecular Hbond substituents is 1. The fourth-order valence-electron chi connectivity index (χ4n) is 1.43. The summed E-state index contributed by atoms with van der Waals surface area (Å²) in [5, 5.41) is 9.19. The molecular weight excluding hydrogens is 250 g/mol. The van der Waals surface area contributed by atoms with Gasteiger partial charge >= 0.3 is 5.97 Å². The number of rotatable bonds is 1. The third-order valence-electron chi connectivity index (χ3n) is 2.07. The van der Waals surface area contributed by atoms with Gasteiger partial charge in [0.1, 0.15) is 11.9 Å². The highest BCUT2D eigenvalue weighted by Gasteiger charge is 2.29. The van der Waals surface area contributed by atoms with E-state index in [1.54, 1.807) is 6.07 Å². The number of phenols is 1. The van der Waals surface area contributed by atoms with E-state index in [0.717, 1.165) is 0 Å². The van der Waals surface area contributed by atoms with Crippen LogP contribution >= 0.6 is 17.0 Å². The first kappa shape index (κ1) is 11.0. The van der Waals surface area contributed by atoms with Gasteiger partial charge in [-0.05, 0) is 18.2 Å². The molecule has 1 heterocycles. The van der Waals surface area contributed by atoms with Crippen molar-refractivity contribution in [1.82, 2.24) is 0 Å². The number of cyclic esters (lactones) is 1. The molecule has 5 heteroatoms. The summed E-state index contributed by atoms with van der Waals surface area (Å²) in [4.78, 5) is 11.2. The van der Waals surface area contributed by atoms with Gasteiger partial charge in [-0.25, -0.2) is 4.79 Å². The lowest BCUT2D eigenvalue weighted by molar-refractivity contribution is 0.0402. The Morgan fingerprint density at radius 2 is 2.21 bits per heavy atom. The van der Waals surface area contributed by atoms with E-state index >= 15 is 0 Å². The van der Waals surface area contributed by atoms with Gasteiger partial charge in [-0.2, -0.15) is 0 Å². The number of benzene rings is 1. The third-order valence-corrected chi connectivity index (χ3v) is 2.07. The van der Waals surface area contributed by atoms with Crippen LogP contribution in [0.2, 0.25) is 0 Å². The Morgan fingerprint density at radius 3 is 2.86 bits per heavy atom. The van der Waals surface area contributed by atoms with Gasteiger partial charge in [0.15, 0.2) is 0 Å². The Labute approximate surface area is 91.4 Å². The SMILES string of the molecule is Br.NCC1OC(=O)c2ccc(O)cc21. The normalized spacial score (nSPS) is 18.4. The Bertz CT molecular complexity index is 367. The molecule has 76 valence electrons. The zero-order valence-electron chi connectivity index (χ0n) is 7.27. The van der Waals surface area contributed by atoms with E-state index < -0.39 is 6.10 Å². The van der Waals surface area contributed by atoms with Gasteiger partial charge in [0, 0.05) is 12.1 Å². The van der Waals surface area contributed by atoms with Crippen molar-refractivity contribution in [3.05, 3.63) is 29.3 Å². The van der Waals surface area contributed by atoms with E-state index in [4.69, 9.17) is 10.5 Å². The largest absolute Gasteiger partial charge is 0.508 e. The molecule has 0 bridgehead atoms. The zero-order valence-corrected chi connectivity index (χ0v) is 8.98. The fraction of sp³-hybridized carbons (Fsp3) is 0.222. The lowest BCUT2D eigenvalue weighted by atomic mass is 10.1. The van der Waals surface area contributed by atoms with Crippen LogP contribution in [0, 0.1) is 0 Å². The Kier molecular flexibility index (Phi) is 3.13. The molecule has 1 aliphatic rings. The number of hydrogen-bond acceptors (Lipinski definition) is 4. The third kappa shape index (κ3) is 1.60. The zero-order chi connectivity index (χ0) is 9.42. The van der Waals surface area contributed by atoms with Gasteiger partial charge in [0.05, 0.1) is 5.56 Å². The summed E-state index contributed by atoms with van der Waals surface area (Å²) >= 11 is 0. The van der Waals surface area contributed by atoms with Gasteiger partial charge < -0.3 is 15.6 Å². The molecular formula is C9H10BrNO3. The standard InChI is InChI=1S/C9H9NO3.BrH/c10-4-8-7-3-5(11)1-2-6(7)9(12)13-8;/h1-3,8,11H,4,10H2;1H. The summed E-state index contributed by atoms with van der Waals surface area (Å²) in [5.74, 6) is -0.249. The van der Waals surface area contributed by atoms with E-state index in [2.05, 4.69) is 0 Å². The first-order valence-corrected chi connectivity index (χ1v) is 3.96. The topological polar surface area (TPSA) is 72.5 Å². The van der Waals surface area contributed by atoms with Crippen molar-refractivity contribution in [3.63, 3.8) is 0 Å². The number of carbonyl (C=O) groups is 1. The molecule has 14 heavy (non-hydrogen) atoms. The summed E-state index contributed by atoms with van der Waals surface area (Å²) in [6.45, 7) is 0.238. The summed E-state index contributed by atoms with van der Waals surface area (Å²) in [5.41, 5.74) is 6.57. The summed E-state index contributed by atoms with van der Waals surface area (Å²) in [7, 11) is 0. The van der Waals surface area contributed by atoms with Gasteiger partial charge in [-0.1, -0.05) is 0 Å². The first-order valence-electron chi connectivity index (χ1n) is 3.96. The molecule has 1 aromatic carbocycles. The predicted molar refractivity (Wildman–Crippen MR) is 55.6 cm³/mol. The van der Waals surface area contributed by atoms with E-state index in [9.17, 15) is 9.90 Å². The minimum atomic E-state index is -0.408. The molecule has 0 spiro atoms. The van der Waals surface area contributed by atoms with Crippen LogP contribution in [-0.4, -0.2) is 17.6 Å². The van der Waals surface area contributed by atoms with Crippen molar-refractivity contribution >= 4 is 23.0 Å². The van der Waals surface area contributed by atoms with Gasteiger partial charge in [0.2, 0.25) is 0 Å². The van der Waals surface area contributed by atoms with E-state index in [1.807, 2.05) is 0 Å². The van der Waals surface area contributed by atoms with Crippen molar-refractivity contribution in [3.8, 4) is 5.75 Å². The van der Waals surface area contributed by atoms with Crippen molar-refractivity contribution < 1.29 is 14.6 Å². The minimum Gasteiger partial charge on any atom is -0.508 e. The van der Waals surface area contributed by atoms with Crippen LogP contribution < -0.4 is 5.73 Å². The van der Waals surface area contributed by atoms with Crippen LogP contribution in [0.4, 0.5) is 0 Å². The summed E-state index contributed by atoms with van der Waals surface area (Å²) in [6, 6.07) is 4.51. The number of nitrogens with two attached hydrogens (primary N) is 1. The Balaban J connectivity index is 0.000000980. The average Bonchev–Trinajstić information content (AvgIpc) is 2.42. The molecule has 0 amide bonds. The highest BCUT2D eigenvalue weighted by atomic mass is 79.9. The number of aromatic hydroxyl groups is 1. The van der Waals surface area contributed by atoms with E-state index in [0.29, 0.717) is 11.1 Å². The second-order valence-electron chi connectivity index (χ2n) is 2.90. The van der Waals surface area contributed by atoms with Crippen LogP contribution in [0.3, 0.4) is 0 Å². The molecule has 1 atom stereocenters. The summed E-state index contributed by atoms with van der Waals surface area (Å²) < 4.78 is 4.96. The van der Waals surface area contributed by atoms with E-state index in [-0.39, 0.29) is 35.2 Å². The molecule has 0 radical (unpaired) electrons. The molecule has 1 aliphatic heterocycles. The number of halogens is 1. The molecule has 1 aromatic rings. The second kappa shape index (κ2) is 3.98. The van der Waals surface area contributed by atoms with Crippen molar-refractivity contribution in [2.45, 2.75) is 6.10 Å². The molecule has 0 saturated carbocycles. The number of hydrogen-bond donors (Lipinski definition) is 2. The van der Waals surface area contributed by atoms with Crippen molar-refractivity contribution in [2.75, 3.05) is 6.54 Å². The molecule has 2 rings (SSSR count). The van der Waals surface area contributed by atoms with Gasteiger partial charge in [-0.15, -0.1) is 17.0 Å². The quantitative estimate of drug-likeness (QED) is 0.742. The van der Waals surface area contributed by atoms with Crippen LogP contribution in [0.25, 0.3) is 0 Å². The molecule has 3 N–H and O–H groups in total. The monoisotopic (exact) mass is 259 g/mol. The highest BCUT2D eigenvalue weighted by Crippen LogP contribution is 2.31. The fourth-order valence-corrected chi connectivity index (χ4v) is 1.43. The maximum absolute atomic E-state index is 11.2. The number of carbonyl (C=O) groups excluding carboxylic acids is 1. The van der Waals surface area contributed by atoms with Crippen LogP contribution in [0.5, 0.6) is 5.75 Å². The predicted octanol–water partition coefficient (Wildman–Crippen LogP) is 1.14. The molecule has 0 aliphatic carbocycles. The Hall–Kier alpha value is -1.07. The molecule has 4 nitrogen and oxygen atoms in total. The molecule has 0 saturated heterocycles. The number of fused-ring (bicyclic) bond motifs is 1. The number of esters is 1. The maximum atomic E-state index is 11.2. The first-order chi connectivity index (χ1) is 6.22. The van der Waals surface area contributed by atoms with E-state index in [1.165, 1.54) is 12.1 Å². The molecule has 0 aromatic heterocycles. The van der Waals surface area contributed by atoms with Crippen LogP contribution in [-0.2, 0) is 4.74 Å². The smallest absolute Gasteiger partial charge is 0.339 e. The van der Waals surface area contributed by atoms with Crippen molar-refractivity contribution in [2.24, 2.45) is 5.73 Å². The average molecular weight is 260 g/mol. The lowest BCUT2D eigenvalue weighted by Gasteiger charge is -2.06. The maximum Gasteiger partial charge on any atom is 0.339 e. The molecule has 1 unspecified atom stereocenters. The van der Waals surface area contributed by atoms with Crippen molar-refractivity contribution in [1.29, 1.82) is 0 Å². The minimum absolute atomic E-state index is 0. The van der Waals surface area contributed by atoms with Crippen LogP contribution in [0.15, 0.2) is 18.2 Å². The van der Waals surface area contributed by atoms with Gasteiger partial charge in [-0.3, -0.25) is 0 Å². The summed E-state index contributed by atoms with van der Waals surface area (Å²) in [6.07, 6.45) is -0.408. The molecule has 0 fully saturated rings.